The standard InChI is InChI=1S/C25H24Cl3N3O3S/c26-19-13-20(27)15-22(14-19)30-35(33,34)23-7-5-21(6-8-23)29-25(32)17-9-11-31(12-10-17)16-18-3-1-2-4-24(18)28/h1-8,13-15,17,30H,9-12,16H2,(H,29,32). The Morgan fingerprint density at radius 1 is 0.886 bits per heavy atom. The molecule has 1 amide bonds. The maximum atomic E-state index is 12.8. The first-order chi connectivity index (χ1) is 16.7. The number of carbonyl (C=O) groups is 1. The van der Waals surface area contributed by atoms with Crippen molar-refractivity contribution in [1.29, 1.82) is 0 Å². The van der Waals surface area contributed by atoms with E-state index in [4.69, 9.17) is 34.8 Å². The van der Waals surface area contributed by atoms with Crippen LogP contribution in [0, 0.1) is 5.92 Å². The smallest absolute Gasteiger partial charge is 0.261 e. The number of benzene rings is 3. The molecule has 35 heavy (non-hydrogen) atoms. The van der Waals surface area contributed by atoms with Crippen molar-refractivity contribution in [2.45, 2.75) is 24.3 Å². The van der Waals surface area contributed by atoms with Crippen LogP contribution in [0.4, 0.5) is 11.4 Å². The zero-order valence-corrected chi connectivity index (χ0v) is 21.8. The Kier molecular flexibility index (Phi) is 8.24. The third-order valence-corrected chi connectivity index (χ3v) is 8.06. The number of rotatable bonds is 7. The molecule has 6 nitrogen and oxygen atoms in total. The van der Waals surface area contributed by atoms with Crippen LogP contribution in [0.3, 0.4) is 0 Å². The highest BCUT2D eigenvalue weighted by molar-refractivity contribution is 7.92. The van der Waals surface area contributed by atoms with Crippen LogP contribution in [0.5, 0.6) is 0 Å². The summed E-state index contributed by atoms with van der Waals surface area (Å²) in [6, 6.07) is 18.3. The molecule has 0 aromatic heterocycles. The number of piperidine rings is 1. The molecule has 1 aliphatic rings. The van der Waals surface area contributed by atoms with E-state index in [0.29, 0.717) is 15.7 Å². The number of halogens is 3. The van der Waals surface area contributed by atoms with Crippen molar-refractivity contribution in [3.05, 3.63) is 87.4 Å². The summed E-state index contributed by atoms with van der Waals surface area (Å²) in [6.45, 7) is 2.37. The number of hydrogen-bond acceptors (Lipinski definition) is 4. The monoisotopic (exact) mass is 551 g/mol. The number of anilines is 2. The fraction of sp³-hybridized carbons (Fsp3) is 0.240. The Balaban J connectivity index is 1.31. The number of carbonyl (C=O) groups excluding carboxylic acids is 1. The van der Waals surface area contributed by atoms with Crippen LogP contribution in [0.1, 0.15) is 18.4 Å². The normalized spacial score (nSPS) is 15.1. The quantitative estimate of drug-likeness (QED) is 0.361. The van der Waals surface area contributed by atoms with E-state index in [9.17, 15) is 13.2 Å². The molecule has 0 spiro atoms. The van der Waals surface area contributed by atoms with Crippen LogP contribution >= 0.6 is 34.8 Å². The summed E-state index contributed by atoms with van der Waals surface area (Å²) in [6.07, 6.45) is 1.49. The van der Waals surface area contributed by atoms with E-state index < -0.39 is 10.0 Å². The van der Waals surface area contributed by atoms with Gasteiger partial charge in [-0.2, -0.15) is 0 Å². The summed E-state index contributed by atoms with van der Waals surface area (Å²) in [5.41, 5.74) is 1.89. The molecule has 0 aliphatic carbocycles. The van der Waals surface area contributed by atoms with Crippen molar-refractivity contribution < 1.29 is 13.2 Å². The second-order valence-corrected chi connectivity index (χ2v) is 11.4. The summed E-state index contributed by atoms with van der Waals surface area (Å²) in [4.78, 5) is 15.1. The predicted molar refractivity (Wildman–Crippen MR) is 142 cm³/mol. The minimum Gasteiger partial charge on any atom is -0.326 e. The second-order valence-electron chi connectivity index (χ2n) is 8.42. The average Bonchev–Trinajstić information content (AvgIpc) is 2.80. The molecule has 0 radical (unpaired) electrons. The first-order valence-corrected chi connectivity index (χ1v) is 13.7. The lowest BCUT2D eigenvalue weighted by Crippen LogP contribution is -2.37. The van der Waals surface area contributed by atoms with Crippen molar-refractivity contribution in [2.75, 3.05) is 23.1 Å². The summed E-state index contributed by atoms with van der Waals surface area (Å²) in [5.74, 6) is -0.167. The molecule has 1 saturated heterocycles. The summed E-state index contributed by atoms with van der Waals surface area (Å²) < 4.78 is 27.8. The fourth-order valence-electron chi connectivity index (χ4n) is 4.01. The van der Waals surface area contributed by atoms with E-state index in [1.165, 1.54) is 30.3 Å². The summed E-state index contributed by atoms with van der Waals surface area (Å²) in [5, 5.41) is 4.30. The molecule has 1 heterocycles. The van der Waals surface area contributed by atoms with Gasteiger partial charge in [-0.1, -0.05) is 53.0 Å². The van der Waals surface area contributed by atoms with Gasteiger partial charge in [0.25, 0.3) is 10.0 Å². The molecule has 0 unspecified atom stereocenters. The van der Waals surface area contributed by atoms with Gasteiger partial charge in [-0.25, -0.2) is 8.42 Å². The molecule has 3 aromatic carbocycles. The van der Waals surface area contributed by atoms with Gasteiger partial charge in [-0.15, -0.1) is 0 Å². The number of amides is 1. The number of nitrogens with zero attached hydrogens (tertiary/aromatic N) is 1. The topological polar surface area (TPSA) is 78.5 Å². The second kappa shape index (κ2) is 11.2. The molecule has 0 bridgehead atoms. The zero-order chi connectivity index (χ0) is 25.0. The number of nitrogens with one attached hydrogen (secondary N) is 2. The van der Waals surface area contributed by atoms with Gasteiger partial charge in [0, 0.05) is 33.2 Å². The first kappa shape index (κ1) is 25.8. The highest BCUT2D eigenvalue weighted by atomic mass is 35.5. The molecule has 10 heteroatoms. The lowest BCUT2D eigenvalue weighted by Gasteiger charge is -2.31. The minimum absolute atomic E-state index is 0.0551. The average molecular weight is 553 g/mol. The molecule has 1 fully saturated rings. The van der Waals surface area contributed by atoms with Crippen LogP contribution in [-0.4, -0.2) is 32.3 Å². The van der Waals surface area contributed by atoms with Gasteiger partial charge in [-0.3, -0.25) is 14.4 Å². The highest BCUT2D eigenvalue weighted by Crippen LogP contribution is 2.26. The highest BCUT2D eigenvalue weighted by Gasteiger charge is 2.25. The van der Waals surface area contributed by atoms with E-state index in [1.54, 1.807) is 12.1 Å². The van der Waals surface area contributed by atoms with Crippen LogP contribution in [0.2, 0.25) is 15.1 Å². The number of sulfonamides is 1. The molecule has 4 rings (SSSR count). The molecule has 1 aliphatic heterocycles. The molecule has 184 valence electrons. The van der Waals surface area contributed by atoms with Gasteiger partial charge in [0.1, 0.15) is 0 Å². The Morgan fingerprint density at radius 3 is 2.14 bits per heavy atom. The fourth-order valence-corrected chi connectivity index (χ4v) is 5.77. The van der Waals surface area contributed by atoms with Gasteiger partial charge in [0.2, 0.25) is 5.91 Å². The van der Waals surface area contributed by atoms with Crippen LogP contribution in [0.25, 0.3) is 0 Å². The lowest BCUT2D eigenvalue weighted by molar-refractivity contribution is -0.121. The molecule has 0 saturated carbocycles. The van der Waals surface area contributed by atoms with E-state index >= 15 is 0 Å². The van der Waals surface area contributed by atoms with Crippen molar-refractivity contribution in [3.63, 3.8) is 0 Å². The van der Waals surface area contributed by atoms with E-state index in [1.807, 2.05) is 24.3 Å². The van der Waals surface area contributed by atoms with Gasteiger partial charge < -0.3 is 5.32 Å². The first-order valence-electron chi connectivity index (χ1n) is 11.1. The van der Waals surface area contributed by atoms with Gasteiger partial charge >= 0.3 is 0 Å². The maximum Gasteiger partial charge on any atom is 0.261 e. The Hall–Kier alpha value is -2.29. The number of likely N-dealkylation sites (tertiary alicyclic amines) is 1. The zero-order valence-electron chi connectivity index (χ0n) is 18.7. The SMILES string of the molecule is O=C(Nc1ccc(S(=O)(=O)Nc2cc(Cl)cc(Cl)c2)cc1)C1CCN(Cc2ccccc2Cl)CC1. The minimum atomic E-state index is -3.84. The Labute approximate surface area is 220 Å². The molecular formula is C25H24Cl3N3O3S. The molecule has 3 aromatic rings. The van der Waals surface area contributed by atoms with Crippen molar-refractivity contribution in [2.24, 2.45) is 5.92 Å². The van der Waals surface area contributed by atoms with Crippen LogP contribution < -0.4 is 10.0 Å². The predicted octanol–water partition coefficient (Wildman–Crippen LogP) is 6.30. The summed E-state index contributed by atoms with van der Waals surface area (Å²) >= 11 is 18.1. The maximum absolute atomic E-state index is 12.8. The molecule has 2 N–H and O–H groups in total. The van der Waals surface area contributed by atoms with Crippen molar-refractivity contribution >= 4 is 62.1 Å². The Bertz CT molecular complexity index is 1290. The van der Waals surface area contributed by atoms with Gasteiger partial charge in [0.05, 0.1) is 10.6 Å². The van der Waals surface area contributed by atoms with E-state index in [0.717, 1.165) is 43.1 Å². The summed E-state index contributed by atoms with van der Waals surface area (Å²) in [7, 11) is -3.84. The van der Waals surface area contributed by atoms with Gasteiger partial charge in [0.15, 0.2) is 0 Å². The third kappa shape index (κ3) is 6.90. The van der Waals surface area contributed by atoms with Crippen LogP contribution in [-0.2, 0) is 21.4 Å². The van der Waals surface area contributed by atoms with Crippen molar-refractivity contribution in [1.82, 2.24) is 4.90 Å². The largest absolute Gasteiger partial charge is 0.326 e. The van der Waals surface area contributed by atoms with E-state index in [2.05, 4.69) is 14.9 Å². The molecular weight excluding hydrogens is 529 g/mol. The Morgan fingerprint density at radius 2 is 1.51 bits per heavy atom. The lowest BCUT2D eigenvalue weighted by atomic mass is 9.95. The van der Waals surface area contributed by atoms with Crippen LogP contribution in [0.15, 0.2) is 71.6 Å². The van der Waals surface area contributed by atoms with Gasteiger partial charge in [-0.05, 0) is 80.0 Å². The third-order valence-electron chi connectivity index (χ3n) is 5.86. The molecule has 0 atom stereocenters. The van der Waals surface area contributed by atoms with Crippen molar-refractivity contribution in [3.8, 4) is 0 Å². The number of hydrogen-bond donors (Lipinski definition) is 2. The van der Waals surface area contributed by atoms with E-state index in [-0.39, 0.29) is 22.4 Å².